The molecule has 0 bridgehead atoms. The van der Waals surface area contributed by atoms with Crippen molar-refractivity contribution in [1.29, 1.82) is 0 Å². The summed E-state index contributed by atoms with van der Waals surface area (Å²) < 4.78 is 24.2. The minimum absolute atomic E-state index is 0. The smallest absolute Gasteiger partial charge is 0.191 e. The summed E-state index contributed by atoms with van der Waals surface area (Å²) in [5.41, 5.74) is 0. The van der Waals surface area contributed by atoms with Gasteiger partial charge in [-0.25, -0.2) is 8.42 Å². The van der Waals surface area contributed by atoms with Crippen LogP contribution in [0.2, 0.25) is 0 Å². The third kappa shape index (κ3) is 6.21. The Morgan fingerprint density at radius 3 is 2.48 bits per heavy atom. The average molecular weight is 423 g/mol. The van der Waals surface area contributed by atoms with Gasteiger partial charge in [0.1, 0.15) is 0 Å². The molecule has 1 aliphatic rings. The molecule has 1 aromatic carbocycles. The summed E-state index contributed by atoms with van der Waals surface area (Å²) in [6.07, 6.45) is 2.54. The first-order chi connectivity index (χ1) is 9.62. The number of aliphatic imine (C=N–C) groups is 1. The predicted molar refractivity (Wildman–Crippen MR) is 96.0 cm³/mol. The maximum atomic E-state index is 12.1. The second-order valence-corrected chi connectivity index (χ2v) is 7.06. The second kappa shape index (κ2) is 8.57. The number of nitrogens with one attached hydrogen (secondary N) is 2. The fourth-order valence-corrected chi connectivity index (χ4v) is 3.01. The second-order valence-electron chi connectivity index (χ2n) is 4.96. The van der Waals surface area contributed by atoms with Crippen LogP contribution in [0.1, 0.15) is 12.8 Å². The molecule has 7 heteroatoms. The van der Waals surface area contributed by atoms with Crippen molar-refractivity contribution in [3.8, 4) is 0 Å². The van der Waals surface area contributed by atoms with Crippen molar-refractivity contribution in [2.45, 2.75) is 17.7 Å². The molecule has 1 aliphatic carbocycles. The first-order valence-corrected chi connectivity index (χ1v) is 8.49. The van der Waals surface area contributed by atoms with Crippen LogP contribution in [0.25, 0.3) is 0 Å². The molecule has 0 spiro atoms. The zero-order chi connectivity index (χ0) is 14.4. The van der Waals surface area contributed by atoms with Crippen molar-refractivity contribution in [2.24, 2.45) is 10.9 Å². The van der Waals surface area contributed by atoms with E-state index in [1.165, 1.54) is 12.8 Å². The molecule has 1 fully saturated rings. The lowest BCUT2D eigenvalue weighted by molar-refractivity contribution is 0.594. The third-order valence-corrected chi connectivity index (χ3v) is 4.98. The van der Waals surface area contributed by atoms with Crippen LogP contribution in [0.5, 0.6) is 0 Å². The molecule has 0 atom stereocenters. The van der Waals surface area contributed by atoms with Gasteiger partial charge in [0.2, 0.25) is 0 Å². The first-order valence-electron chi connectivity index (χ1n) is 6.84. The van der Waals surface area contributed by atoms with E-state index in [0.717, 1.165) is 12.5 Å². The molecular formula is C14H22IN3O2S. The molecule has 5 nitrogen and oxygen atoms in total. The zero-order valence-electron chi connectivity index (χ0n) is 12.1. The van der Waals surface area contributed by atoms with E-state index < -0.39 is 9.84 Å². The van der Waals surface area contributed by atoms with Gasteiger partial charge in [0.25, 0.3) is 0 Å². The largest absolute Gasteiger partial charge is 0.356 e. The van der Waals surface area contributed by atoms with Crippen LogP contribution >= 0.6 is 24.0 Å². The summed E-state index contributed by atoms with van der Waals surface area (Å²) in [5.74, 6) is 1.47. The standard InChI is InChI=1S/C14H21N3O2S.HI/c1-15-14(17-11-12-7-8-12)16-9-10-20(18,19)13-5-3-2-4-6-13;/h2-6,12H,7-11H2,1H3,(H2,15,16,17);1H. The van der Waals surface area contributed by atoms with E-state index in [1.54, 1.807) is 37.4 Å². The highest BCUT2D eigenvalue weighted by Gasteiger charge is 2.21. The summed E-state index contributed by atoms with van der Waals surface area (Å²) in [4.78, 5) is 4.44. The summed E-state index contributed by atoms with van der Waals surface area (Å²) >= 11 is 0. The Balaban J connectivity index is 0.00000220. The van der Waals surface area contributed by atoms with E-state index in [2.05, 4.69) is 15.6 Å². The highest BCUT2D eigenvalue weighted by atomic mass is 127. The minimum Gasteiger partial charge on any atom is -0.356 e. The van der Waals surface area contributed by atoms with Crippen LogP contribution in [0.4, 0.5) is 0 Å². The van der Waals surface area contributed by atoms with Crippen molar-refractivity contribution < 1.29 is 8.42 Å². The van der Waals surface area contributed by atoms with Crippen molar-refractivity contribution in [3.63, 3.8) is 0 Å². The molecule has 0 radical (unpaired) electrons. The average Bonchev–Trinajstić information content (AvgIpc) is 3.27. The molecular weight excluding hydrogens is 401 g/mol. The molecule has 1 saturated carbocycles. The quantitative estimate of drug-likeness (QED) is 0.415. The van der Waals surface area contributed by atoms with Crippen LogP contribution in [-0.2, 0) is 9.84 Å². The number of halogens is 1. The van der Waals surface area contributed by atoms with Crippen molar-refractivity contribution in [2.75, 3.05) is 25.9 Å². The molecule has 0 unspecified atom stereocenters. The van der Waals surface area contributed by atoms with E-state index >= 15 is 0 Å². The fraction of sp³-hybridized carbons (Fsp3) is 0.500. The van der Waals surface area contributed by atoms with Gasteiger partial charge >= 0.3 is 0 Å². The number of rotatable bonds is 6. The van der Waals surface area contributed by atoms with Crippen LogP contribution in [0.15, 0.2) is 40.2 Å². The Morgan fingerprint density at radius 2 is 1.90 bits per heavy atom. The van der Waals surface area contributed by atoms with Gasteiger partial charge in [-0.3, -0.25) is 4.99 Å². The molecule has 2 N–H and O–H groups in total. The van der Waals surface area contributed by atoms with E-state index in [0.29, 0.717) is 17.4 Å². The van der Waals surface area contributed by atoms with Gasteiger partial charge in [-0.05, 0) is 30.9 Å². The summed E-state index contributed by atoms with van der Waals surface area (Å²) in [5, 5.41) is 6.24. The molecule has 0 heterocycles. The zero-order valence-corrected chi connectivity index (χ0v) is 15.2. The molecule has 21 heavy (non-hydrogen) atoms. The third-order valence-electron chi connectivity index (χ3n) is 3.24. The normalized spacial score (nSPS) is 15.2. The number of nitrogens with zero attached hydrogens (tertiary/aromatic N) is 1. The monoisotopic (exact) mass is 423 g/mol. The van der Waals surface area contributed by atoms with E-state index in [4.69, 9.17) is 0 Å². The Kier molecular flexibility index (Phi) is 7.44. The van der Waals surface area contributed by atoms with Crippen molar-refractivity contribution in [1.82, 2.24) is 10.6 Å². The summed E-state index contributed by atoms with van der Waals surface area (Å²) in [6.45, 7) is 1.26. The number of guanidine groups is 1. The first kappa shape index (κ1) is 18.2. The Labute approximate surface area is 143 Å². The van der Waals surface area contributed by atoms with Gasteiger partial charge in [0.05, 0.1) is 10.6 Å². The molecule has 118 valence electrons. The van der Waals surface area contributed by atoms with Gasteiger partial charge in [-0.15, -0.1) is 24.0 Å². The SMILES string of the molecule is CN=C(NCCS(=O)(=O)c1ccccc1)NCC1CC1.I. The van der Waals surface area contributed by atoms with E-state index in [9.17, 15) is 8.42 Å². The number of sulfone groups is 1. The lowest BCUT2D eigenvalue weighted by atomic mass is 10.4. The highest BCUT2D eigenvalue weighted by molar-refractivity contribution is 14.0. The maximum absolute atomic E-state index is 12.1. The molecule has 0 saturated heterocycles. The van der Waals surface area contributed by atoms with Gasteiger partial charge in [0.15, 0.2) is 15.8 Å². The van der Waals surface area contributed by atoms with Gasteiger partial charge in [-0.1, -0.05) is 18.2 Å². The summed E-state index contributed by atoms with van der Waals surface area (Å²) in [7, 11) is -1.54. The fourth-order valence-electron chi connectivity index (χ4n) is 1.83. The minimum atomic E-state index is -3.23. The van der Waals surface area contributed by atoms with Gasteiger partial charge < -0.3 is 10.6 Å². The molecule has 0 aliphatic heterocycles. The molecule has 0 aromatic heterocycles. The van der Waals surface area contributed by atoms with E-state index in [1.807, 2.05) is 0 Å². The number of hydrogen-bond acceptors (Lipinski definition) is 3. The topological polar surface area (TPSA) is 70.6 Å². The highest BCUT2D eigenvalue weighted by Crippen LogP contribution is 2.27. The van der Waals surface area contributed by atoms with Gasteiger partial charge in [0, 0.05) is 20.1 Å². The Hall–Kier alpha value is -0.830. The van der Waals surface area contributed by atoms with Crippen LogP contribution in [-0.4, -0.2) is 40.3 Å². The summed E-state index contributed by atoms with van der Waals surface area (Å²) in [6, 6.07) is 8.51. The molecule has 1 aromatic rings. The van der Waals surface area contributed by atoms with Gasteiger partial charge in [-0.2, -0.15) is 0 Å². The van der Waals surface area contributed by atoms with Crippen LogP contribution in [0, 0.1) is 5.92 Å². The van der Waals surface area contributed by atoms with Crippen molar-refractivity contribution in [3.05, 3.63) is 30.3 Å². The van der Waals surface area contributed by atoms with Crippen LogP contribution in [0.3, 0.4) is 0 Å². The molecule has 2 rings (SSSR count). The maximum Gasteiger partial charge on any atom is 0.191 e. The lowest BCUT2D eigenvalue weighted by Gasteiger charge is -2.11. The number of hydrogen-bond donors (Lipinski definition) is 2. The Bertz CT molecular complexity index is 557. The molecule has 0 amide bonds. The van der Waals surface area contributed by atoms with Crippen molar-refractivity contribution >= 4 is 39.8 Å². The lowest BCUT2D eigenvalue weighted by Crippen LogP contribution is -2.40. The van der Waals surface area contributed by atoms with E-state index in [-0.39, 0.29) is 29.7 Å². The Morgan fingerprint density at radius 1 is 1.24 bits per heavy atom. The van der Waals surface area contributed by atoms with Crippen LogP contribution < -0.4 is 10.6 Å². The predicted octanol–water partition coefficient (Wildman–Crippen LogP) is 1.65. The number of benzene rings is 1.